The van der Waals surface area contributed by atoms with E-state index in [0.29, 0.717) is 38.2 Å². The lowest BCUT2D eigenvalue weighted by Gasteiger charge is -2.11. The predicted molar refractivity (Wildman–Crippen MR) is 174 cm³/mol. The summed E-state index contributed by atoms with van der Waals surface area (Å²) in [5, 5.41) is 5.89. The second-order valence-corrected chi connectivity index (χ2v) is 11.7. The van der Waals surface area contributed by atoms with Gasteiger partial charge in [0.2, 0.25) is 0 Å². The van der Waals surface area contributed by atoms with Crippen LogP contribution in [0.25, 0.3) is 22.0 Å². The summed E-state index contributed by atoms with van der Waals surface area (Å²) in [5.74, 6) is -0.599. The van der Waals surface area contributed by atoms with E-state index in [1.807, 2.05) is 36.4 Å². The Balaban J connectivity index is 1.43. The smallest absolute Gasteiger partial charge is 0.347 e. The Labute approximate surface area is 267 Å². The molecule has 0 radical (unpaired) electrons. The number of benzene rings is 4. The van der Waals surface area contributed by atoms with Gasteiger partial charge in [-0.15, -0.1) is 0 Å². The Morgan fingerprint density at radius 2 is 1.78 bits per heavy atom. The summed E-state index contributed by atoms with van der Waals surface area (Å²) >= 11 is 18.2. The molecule has 1 heterocycles. The Morgan fingerprint density at radius 3 is 2.56 bits per heavy atom. The van der Waals surface area contributed by atoms with Crippen molar-refractivity contribution in [1.82, 2.24) is 10.4 Å². The quantitative estimate of drug-likeness (QED) is 0.0572. The van der Waals surface area contributed by atoms with Gasteiger partial charge < -0.3 is 14.5 Å². The zero-order valence-corrected chi connectivity index (χ0v) is 26.4. The number of hydrazone groups is 1. The third-order valence-electron chi connectivity index (χ3n) is 6.06. The lowest BCUT2D eigenvalue weighted by atomic mass is 10.0. The van der Waals surface area contributed by atoms with Gasteiger partial charge in [-0.2, -0.15) is 5.10 Å². The molecule has 41 heavy (non-hydrogen) atoms. The third-order valence-corrected chi connectivity index (χ3v) is 7.79. The topological polar surface area (TPSA) is 92.8 Å². The normalized spacial score (nSPS) is 11.1. The maximum absolute atomic E-state index is 13.4. The van der Waals surface area contributed by atoms with E-state index in [0.717, 1.165) is 18.9 Å². The van der Waals surface area contributed by atoms with E-state index in [4.69, 9.17) is 32.7 Å². The number of esters is 1. The van der Waals surface area contributed by atoms with E-state index in [-0.39, 0.29) is 11.3 Å². The molecule has 0 aliphatic heterocycles. The van der Waals surface area contributed by atoms with Crippen molar-refractivity contribution in [3.8, 4) is 22.6 Å². The molecule has 0 spiro atoms. The van der Waals surface area contributed by atoms with Crippen LogP contribution < -0.4 is 14.9 Å². The molecule has 0 saturated carbocycles. The van der Waals surface area contributed by atoms with E-state index in [1.165, 1.54) is 19.4 Å². The first-order valence-electron chi connectivity index (χ1n) is 12.0. The number of H-pyrrole nitrogens is 1. The number of hydrogen-bond acceptors (Lipinski definition) is 5. The van der Waals surface area contributed by atoms with Crippen molar-refractivity contribution >= 4 is 90.7 Å². The minimum absolute atomic E-state index is 0.166. The number of aromatic amines is 1. The van der Waals surface area contributed by atoms with Gasteiger partial charge in [-0.25, -0.2) is 10.2 Å². The van der Waals surface area contributed by atoms with Crippen LogP contribution in [0.4, 0.5) is 0 Å². The summed E-state index contributed by atoms with van der Waals surface area (Å²) in [6.45, 7) is 0. The second kappa shape index (κ2) is 12.6. The average molecular weight is 763 g/mol. The molecule has 0 unspecified atom stereocenters. The number of nitrogens with zero attached hydrogens (tertiary/aromatic N) is 1. The molecule has 0 atom stereocenters. The molecule has 1 amide bonds. The minimum atomic E-state index is -0.664. The number of aromatic nitrogens is 1. The fraction of sp³-hybridized carbons (Fsp3) is 0.0333. The fourth-order valence-electron chi connectivity index (χ4n) is 4.20. The maximum atomic E-state index is 13.4. The number of rotatable bonds is 7. The molecule has 11 heteroatoms. The first kappa shape index (κ1) is 29.1. The van der Waals surface area contributed by atoms with Crippen LogP contribution in [0.3, 0.4) is 0 Å². The number of halogens is 4. The zero-order chi connectivity index (χ0) is 29.1. The molecule has 5 aromatic rings. The molecule has 0 fully saturated rings. The Bertz CT molecular complexity index is 1840. The number of methoxy groups -OCH3 is 1. The molecule has 4 aromatic carbocycles. The van der Waals surface area contributed by atoms with E-state index in [2.05, 4.69) is 54.0 Å². The van der Waals surface area contributed by atoms with Crippen molar-refractivity contribution in [1.29, 1.82) is 0 Å². The molecule has 0 bridgehead atoms. The molecule has 0 aliphatic rings. The highest BCUT2D eigenvalue weighted by Gasteiger charge is 2.21. The van der Waals surface area contributed by atoms with Crippen LogP contribution in [0.5, 0.6) is 11.5 Å². The van der Waals surface area contributed by atoms with Crippen LogP contribution in [-0.4, -0.2) is 30.2 Å². The number of fused-ring (bicyclic) bond motifs is 1. The van der Waals surface area contributed by atoms with Gasteiger partial charge >= 0.3 is 5.97 Å². The van der Waals surface area contributed by atoms with Crippen molar-refractivity contribution in [3.05, 3.63) is 114 Å². The van der Waals surface area contributed by atoms with Gasteiger partial charge in [0.1, 0.15) is 22.8 Å². The fourth-order valence-corrected chi connectivity index (χ4v) is 5.47. The van der Waals surface area contributed by atoms with Crippen LogP contribution in [0.15, 0.2) is 88.4 Å². The number of hydrogen-bond donors (Lipinski definition) is 2. The summed E-state index contributed by atoms with van der Waals surface area (Å²) in [4.78, 5) is 29.5. The Kier molecular flexibility index (Phi) is 8.98. The van der Waals surface area contributed by atoms with Gasteiger partial charge in [0.25, 0.3) is 5.91 Å². The molecular weight excluding hydrogens is 744 g/mol. The largest absolute Gasteiger partial charge is 0.496 e. The predicted octanol–water partition coefficient (Wildman–Crippen LogP) is 8.50. The molecule has 0 aliphatic carbocycles. The molecule has 1 aromatic heterocycles. The summed E-state index contributed by atoms with van der Waals surface area (Å²) in [6, 6.07) is 22.9. The third kappa shape index (κ3) is 6.43. The standard InChI is InChI=1S/C30H19BrCl2IN3O4/c1-40-26-11-7-18(32)13-22(26)30(39)41-25-10-6-17(31)12-16(25)15-35-37-29(38)28-27(20-4-2-3-5-23(20)33)21-14-19(34)8-9-24(21)36-28/h2-15,36H,1H3,(H,37,38). The second-order valence-electron chi connectivity index (χ2n) is 8.66. The van der Waals surface area contributed by atoms with Gasteiger partial charge in [-0.3, -0.25) is 4.79 Å². The van der Waals surface area contributed by atoms with Crippen LogP contribution >= 0.6 is 61.7 Å². The van der Waals surface area contributed by atoms with Crippen LogP contribution in [0.1, 0.15) is 26.4 Å². The van der Waals surface area contributed by atoms with E-state index in [1.54, 1.807) is 36.4 Å². The monoisotopic (exact) mass is 761 g/mol. The number of nitrogens with one attached hydrogen (secondary N) is 2. The van der Waals surface area contributed by atoms with Crippen molar-refractivity contribution in [2.45, 2.75) is 0 Å². The number of amides is 1. The van der Waals surface area contributed by atoms with E-state index < -0.39 is 11.9 Å². The highest BCUT2D eigenvalue weighted by molar-refractivity contribution is 14.1. The number of carbonyl (C=O) groups excluding carboxylic acids is 2. The minimum Gasteiger partial charge on any atom is -0.496 e. The number of ether oxygens (including phenoxy) is 2. The van der Waals surface area contributed by atoms with Crippen molar-refractivity contribution in [2.75, 3.05) is 7.11 Å². The van der Waals surface area contributed by atoms with E-state index in [9.17, 15) is 9.59 Å². The highest BCUT2D eigenvalue weighted by atomic mass is 127. The Morgan fingerprint density at radius 1 is 1.00 bits per heavy atom. The lowest BCUT2D eigenvalue weighted by molar-refractivity contribution is 0.0730. The number of carbonyl (C=O) groups is 2. The van der Waals surface area contributed by atoms with Crippen LogP contribution in [0.2, 0.25) is 10.0 Å². The molecular formula is C30H19BrCl2IN3O4. The molecule has 7 nitrogen and oxygen atoms in total. The summed E-state index contributed by atoms with van der Waals surface area (Å²) in [7, 11) is 1.45. The average Bonchev–Trinajstić information content (AvgIpc) is 3.33. The highest BCUT2D eigenvalue weighted by Crippen LogP contribution is 2.37. The zero-order valence-electron chi connectivity index (χ0n) is 21.2. The molecule has 0 saturated heterocycles. The molecule has 206 valence electrons. The maximum Gasteiger partial charge on any atom is 0.347 e. The molecule has 2 N–H and O–H groups in total. The van der Waals surface area contributed by atoms with Gasteiger partial charge in [0, 0.05) is 45.7 Å². The molecule has 5 rings (SSSR count). The lowest BCUT2D eigenvalue weighted by Crippen LogP contribution is -2.19. The van der Waals surface area contributed by atoms with Crippen molar-refractivity contribution in [3.63, 3.8) is 0 Å². The van der Waals surface area contributed by atoms with Crippen molar-refractivity contribution < 1.29 is 19.1 Å². The van der Waals surface area contributed by atoms with Crippen LogP contribution in [0, 0.1) is 3.57 Å². The van der Waals surface area contributed by atoms with Gasteiger partial charge in [0.15, 0.2) is 0 Å². The SMILES string of the molecule is COc1ccc(Cl)cc1C(=O)Oc1ccc(Br)cc1C=NNC(=O)c1[nH]c2ccc(I)cc2c1-c1ccccc1Cl. The Hall–Kier alpha value is -3.38. The first-order chi connectivity index (χ1) is 19.7. The van der Waals surface area contributed by atoms with Gasteiger partial charge in [0.05, 0.1) is 13.3 Å². The van der Waals surface area contributed by atoms with Crippen LogP contribution in [-0.2, 0) is 0 Å². The summed E-state index contributed by atoms with van der Waals surface area (Å²) in [6.07, 6.45) is 1.39. The first-order valence-corrected chi connectivity index (χ1v) is 14.6. The van der Waals surface area contributed by atoms with Gasteiger partial charge in [-0.1, -0.05) is 57.3 Å². The van der Waals surface area contributed by atoms with Crippen molar-refractivity contribution in [2.24, 2.45) is 5.10 Å². The van der Waals surface area contributed by atoms with E-state index >= 15 is 0 Å². The summed E-state index contributed by atoms with van der Waals surface area (Å²) in [5.41, 5.74) is 5.65. The summed E-state index contributed by atoms with van der Waals surface area (Å²) < 4.78 is 12.6. The van der Waals surface area contributed by atoms with Gasteiger partial charge in [-0.05, 0) is 83.3 Å².